The third-order valence-electron chi connectivity index (χ3n) is 2.71. The van der Waals surface area contributed by atoms with Gasteiger partial charge in [0.15, 0.2) is 5.78 Å². The molecule has 0 heterocycles. The average Bonchev–Trinajstić information content (AvgIpc) is 2.28. The molecule has 0 saturated carbocycles. The maximum atomic E-state index is 11.8. The van der Waals surface area contributed by atoms with Gasteiger partial charge in [-0.3, -0.25) is 4.79 Å². The van der Waals surface area contributed by atoms with Crippen molar-refractivity contribution in [3.05, 3.63) is 35.4 Å². The number of Topliss-reactive ketones (excluding diaryl/α,β-unsaturated/α-hetero) is 1. The SMILES string of the molecule is Cc1ccc(CC(=O)C(N)CCS(C)(=O)=O)cc1. The van der Waals surface area contributed by atoms with Gasteiger partial charge in [-0.05, 0) is 18.9 Å². The molecule has 100 valence electrons. The Labute approximate surface area is 108 Å². The molecule has 18 heavy (non-hydrogen) atoms. The zero-order valence-corrected chi connectivity index (χ0v) is 11.5. The van der Waals surface area contributed by atoms with E-state index in [1.807, 2.05) is 31.2 Å². The van der Waals surface area contributed by atoms with E-state index in [-0.39, 0.29) is 24.4 Å². The summed E-state index contributed by atoms with van der Waals surface area (Å²) in [4.78, 5) is 11.8. The van der Waals surface area contributed by atoms with Crippen LogP contribution in [0.25, 0.3) is 0 Å². The highest BCUT2D eigenvalue weighted by Crippen LogP contribution is 2.06. The minimum atomic E-state index is -3.06. The molecule has 0 aliphatic heterocycles. The lowest BCUT2D eigenvalue weighted by Crippen LogP contribution is -2.33. The fourth-order valence-corrected chi connectivity index (χ4v) is 2.22. The first-order valence-corrected chi connectivity index (χ1v) is 7.85. The molecule has 0 fully saturated rings. The second kappa shape index (κ2) is 6.11. The minimum Gasteiger partial charge on any atom is -0.321 e. The maximum absolute atomic E-state index is 11.8. The van der Waals surface area contributed by atoms with E-state index in [4.69, 9.17) is 5.73 Å². The van der Waals surface area contributed by atoms with Gasteiger partial charge in [0.25, 0.3) is 0 Å². The zero-order valence-electron chi connectivity index (χ0n) is 10.7. The summed E-state index contributed by atoms with van der Waals surface area (Å²) in [6, 6.07) is 6.93. The molecule has 1 aromatic carbocycles. The quantitative estimate of drug-likeness (QED) is 0.831. The summed E-state index contributed by atoms with van der Waals surface area (Å²) in [5.74, 6) is -0.170. The fraction of sp³-hybridized carbons (Fsp3) is 0.462. The fourth-order valence-electron chi connectivity index (χ4n) is 1.54. The number of nitrogens with two attached hydrogens (primary N) is 1. The van der Waals surface area contributed by atoms with Crippen LogP contribution in [0.15, 0.2) is 24.3 Å². The van der Waals surface area contributed by atoms with Crippen LogP contribution in [0, 0.1) is 6.92 Å². The lowest BCUT2D eigenvalue weighted by atomic mass is 10.0. The van der Waals surface area contributed by atoms with Crippen LogP contribution in [0.2, 0.25) is 0 Å². The van der Waals surface area contributed by atoms with Crippen molar-refractivity contribution in [3.8, 4) is 0 Å². The number of rotatable bonds is 6. The molecular weight excluding hydrogens is 250 g/mol. The van der Waals surface area contributed by atoms with Crippen LogP contribution < -0.4 is 5.73 Å². The molecule has 0 aliphatic rings. The van der Waals surface area contributed by atoms with Crippen molar-refractivity contribution in [2.24, 2.45) is 5.73 Å². The first-order chi connectivity index (χ1) is 8.28. The van der Waals surface area contributed by atoms with Gasteiger partial charge in [-0.2, -0.15) is 0 Å². The van der Waals surface area contributed by atoms with Crippen molar-refractivity contribution in [1.29, 1.82) is 0 Å². The third-order valence-corrected chi connectivity index (χ3v) is 3.69. The molecule has 0 radical (unpaired) electrons. The number of ketones is 1. The highest BCUT2D eigenvalue weighted by molar-refractivity contribution is 7.90. The van der Waals surface area contributed by atoms with Crippen LogP contribution in [-0.2, 0) is 21.1 Å². The lowest BCUT2D eigenvalue weighted by molar-refractivity contribution is -0.119. The topological polar surface area (TPSA) is 77.2 Å². The largest absolute Gasteiger partial charge is 0.321 e. The van der Waals surface area contributed by atoms with Crippen molar-refractivity contribution in [3.63, 3.8) is 0 Å². The van der Waals surface area contributed by atoms with E-state index >= 15 is 0 Å². The minimum absolute atomic E-state index is 0.0478. The average molecular weight is 269 g/mol. The maximum Gasteiger partial charge on any atom is 0.153 e. The normalized spacial score (nSPS) is 13.3. The predicted molar refractivity (Wildman–Crippen MR) is 72.2 cm³/mol. The molecule has 5 heteroatoms. The monoisotopic (exact) mass is 269 g/mol. The number of carbonyl (C=O) groups excluding carboxylic acids is 1. The second-order valence-corrected chi connectivity index (χ2v) is 6.91. The highest BCUT2D eigenvalue weighted by Gasteiger charge is 2.16. The number of carbonyl (C=O) groups is 1. The van der Waals surface area contributed by atoms with E-state index in [1.165, 1.54) is 0 Å². The number of sulfone groups is 1. The number of hydrogen-bond donors (Lipinski definition) is 1. The van der Waals surface area contributed by atoms with Gasteiger partial charge in [0.05, 0.1) is 11.8 Å². The molecule has 0 saturated heterocycles. The molecule has 0 aliphatic carbocycles. The van der Waals surface area contributed by atoms with E-state index in [2.05, 4.69) is 0 Å². The van der Waals surface area contributed by atoms with E-state index in [1.54, 1.807) is 0 Å². The lowest BCUT2D eigenvalue weighted by Gasteiger charge is -2.10. The molecular formula is C13H19NO3S. The number of hydrogen-bond acceptors (Lipinski definition) is 4. The summed E-state index contributed by atoms with van der Waals surface area (Å²) in [5.41, 5.74) is 7.72. The van der Waals surface area contributed by atoms with Gasteiger partial charge in [-0.1, -0.05) is 29.8 Å². The third kappa shape index (κ3) is 5.42. The molecule has 4 nitrogen and oxygen atoms in total. The zero-order chi connectivity index (χ0) is 13.8. The summed E-state index contributed by atoms with van der Waals surface area (Å²) < 4.78 is 22.0. The molecule has 0 bridgehead atoms. The Kier molecular flexibility index (Phi) is 5.04. The van der Waals surface area contributed by atoms with E-state index in [9.17, 15) is 13.2 Å². The van der Waals surface area contributed by atoms with Crippen molar-refractivity contribution in [2.75, 3.05) is 12.0 Å². The van der Waals surface area contributed by atoms with Gasteiger partial charge in [0.2, 0.25) is 0 Å². The molecule has 1 unspecified atom stereocenters. The van der Waals surface area contributed by atoms with Crippen LogP contribution in [0.1, 0.15) is 17.5 Å². The Balaban J connectivity index is 2.52. The highest BCUT2D eigenvalue weighted by atomic mass is 32.2. The molecule has 0 aromatic heterocycles. The Bertz CT molecular complexity index is 506. The van der Waals surface area contributed by atoms with Crippen LogP contribution in [0.4, 0.5) is 0 Å². The van der Waals surface area contributed by atoms with Gasteiger partial charge in [-0.15, -0.1) is 0 Å². The molecule has 2 N–H and O–H groups in total. The van der Waals surface area contributed by atoms with Crippen molar-refractivity contribution in [2.45, 2.75) is 25.8 Å². The van der Waals surface area contributed by atoms with E-state index in [0.717, 1.165) is 17.4 Å². The summed E-state index contributed by atoms with van der Waals surface area (Å²) in [6.45, 7) is 1.98. The number of aryl methyl sites for hydroxylation is 1. The van der Waals surface area contributed by atoms with Crippen LogP contribution >= 0.6 is 0 Å². The standard InChI is InChI=1S/C13H19NO3S/c1-10-3-5-11(6-4-10)9-13(15)12(14)7-8-18(2,16)17/h3-6,12H,7-9,14H2,1-2H3. The van der Waals surface area contributed by atoms with E-state index < -0.39 is 15.9 Å². The van der Waals surface area contributed by atoms with E-state index in [0.29, 0.717) is 0 Å². The van der Waals surface area contributed by atoms with Crippen LogP contribution in [-0.4, -0.2) is 32.3 Å². The second-order valence-electron chi connectivity index (χ2n) is 4.65. The Morgan fingerprint density at radius 2 is 1.83 bits per heavy atom. The van der Waals surface area contributed by atoms with Crippen molar-refractivity contribution >= 4 is 15.6 Å². The van der Waals surface area contributed by atoms with Crippen LogP contribution in [0.5, 0.6) is 0 Å². The molecule has 0 spiro atoms. The molecule has 0 amide bonds. The van der Waals surface area contributed by atoms with Gasteiger partial charge in [0, 0.05) is 12.7 Å². The van der Waals surface area contributed by atoms with Gasteiger partial charge in [0.1, 0.15) is 9.84 Å². The van der Waals surface area contributed by atoms with Gasteiger partial charge < -0.3 is 5.73 Å². The summed E-state index contributed by atoms with van der Waals surface area (Å²) >= 11 is 0. The van der Waals surface area contributed by atoms with Crippen LogP contribution in [0.3, 0.4) is 0 Å². The predicted octanol–water partition coefficient (Wildman–Crippen LogP) is 0.869. The Morgan fingerprint density at radius 3 is 2.33 bits per heavy atom. The van der Waals surface area contributed by atoms with Gasteiger partial charge >= 0.3 is 0 Å². The van der Waals surface area contributed by atoms with Gasteiger partial charge in [-0.25, -0.2) is 8.42 Å². The molecule has 1 rings (SSSR count). The summed E-state index contributed by atoms with van der Waals surface area (Å²) in [5, 5.41) is 0. The smallest absolute Gasteiger partial charge is 0.153 e. The summed E-state index contributed by atoms with van der Waals surface area (Å²) in [6.07, 6.45) is 1.58. The summed E-state index contributed by atoms with van der Waals surface area (Å²) in [7, 11) is -3.06. The first kappa shape index (κ1) is 14.9. The first-order valence-electron chi connectivity index (χ1n) is 5.79. The molecule has 1 atom stereocenters. The van der Waals surface area contributed by atoms with Crippen molar-refractivity contribution < 1.29 is 13.2 Å². The molecule has 1 aromatic rings. The Morgan fingerprint density at radius 1 is 1.28 bits per heavy atom. The van der Waals surface area contributed by atoms with Crippen molar-refractivity contribution in [1.82, 2.24) is 0 Å². The Hall–Kier alpha value is -1.20. The number of benzene rings is 1.